The van der Waals surface area contributed by atoms with Crippen LogP contribution in [0.1, 0.15) is 24.8 Å². The molecule has 0 aliphatic carbocycles. The number of methoxy groups -OCH3 is 1. The zero-order chi connectivity index (χ0) is 18.5. The van der Waals surface area contributed by atoms with Gasteiger partial charge in [-0.15, -0.1) is 0 Å². The van der Waals surface area contributed by atoms with E-state index < -0.39 is 5.82 Å². The summed E-state index contributed by atoms with van der Waals surface area (Å²) in [5.74, 6) is -0.107. The molecule has 0 unspecified atom stereocenters. The smallest absolute Gasteiger partial charge is 0.228 e. The Morgan fingerprint density at radius 2 is 2.04 bits per heavy atom. The van der Waals surface area contributed by atoms with Gasteiger partial charge in [0.05, 0.1) is 19.2 Å². The van der Waals surface area contributed by atoms with Crippen LogP contribution in [0.3, 0.4) is 0 Å². The summed E-state index contributed by atoms with van der Waals surface area (Å²) in [4.78, 5) is 26.2. The minimum atomic E-state index is -0.406. The van der Waals surface area contributed by atoms with Crippen molar-refractivity contribution in [3.63, 3.8) is 0 Å². The first-order chi connectivity index (χ1) is 12.6. The zero-order valence-corrected chi connectivity index (χ0v) is 14.6. The number of carbonyl (C=O) groups is 2. The molecule has 2 aromatic carbocycles. The van der Waals surface area contributed by atoms with Gasteiger partial charge < -0.3 is 15.0 Å². The molecule has 1 aliphatic heterocycles. The van der Waals surface area contributed by atoms with E-state index in [0.29, 0.717) is 35.7 Å². The van der Waals surface area contributed by atoms with Crippen molar-refractivity contribution in [1.29, 1.82) is 0 Å². The van der Waals surface area contributed by atoms with E-state index in [4.69, 9.17) is 4.74 Å². The number of anilines is 2. The van der Waals surface area contributed by atoms with Crippen LogP contribution in [-0.4, -0.2) is 25.5 Å². The van der Waals surface area contributed by atoms with Crippen LogP contribution in [0.15, 0.2) is 42.5 Å². The maximum Gasteiger partial charge on any atom is 0.228 e. The average Bonchev–Trinajstić information content (AvgIpc) is 2.64. The van der Waals surface area contributed by atoms with Gasteiger partial charge in [-0.1, -0.05) is 18.2 Å². The zero-order valence-electron chi connectivity index (χ0n) is 14.6. The number of halogens is 1. The molecule has 1 fully saturated rings. The SMILES string of the molecule is COc1ccc(NC(=O)Cc2ccccc2F)cc1N1CCCCC1=O. The van der Waals surface area contributed by atoms with Crippen LogP contribution >= 0.6 is 0 Å². The fourth-order valence-electron chi connectivity index (χ4n) is 3.06. The second-order valence-corrected chi connectivity index (χ2v) is 6.21. The molecule has 1 heterocycles. The third kappa shape index (κ3) is 4.02. The normalized spacial score (nSPS) is 14.2. The highest BCUT2D eigenvalue weighted by Gasteiger charge is 2.23. The summed E-state index contributed by atoms with van der Waals surface area (Å²) < 4.78 is 19.1. The molecule has 5 nitrogen and oxygen atoms in total. The number of rotatable bonds is 5. The van der Waals surface area contributed by atoms with E-state index in [0.717, 1.165) is 12.8 Å². The average molecular weight is 356 g/mol. The largest absolute Gasteiger partial charge is 0.495 e. The Bertz CT molecular complexity index is 822. The van der Waals surface area contributed by atoms with Gasteiger partial charge in [0, 0.05) is 18.7 Å². The minimum Gasteiger partial charge on any atom is -0.495 e. The van der Waals surface area contributed by atoms with Gasteiger partial charge in [0.1, 0.15) is 11.6 Å². The van der Waals surface area contributed by atoms with Gasteiger partial charge in [-0.3, -0.25) is 9.59 Å². The molecule has 2 amide bonds. The first-order valence-corrected chi connectivity index (χ1v) is 8.60. The summed E-state index contributed by atoms with van der Waals surface area (Å²) >= 11 is 0. The molecule has 0 atom stereocenters. The molecule has 136 valence electrons. The predicted octanol–water partition coefficient (Wildman–Crippen LogP) is 3.53. The Labute approximate surface area is 151 Å². The number of carbonyl (C=O) groups excluding carboxylic acids is 2. The van der Waals surface area contributed by atoms with Gasteiger partial charge in [-0.2, -0.15) is 0 Å². The molecule has 2 aromatic rings. The molecule has 0 aromatic heterocycles. The van der Waals surface area contributed by atoms with Crippen LogP contribution in [0.2, 0.25) is 0 Å². The quantitative estimate of drug-likeness (QED) is 0.892. The molecule has 0 spiro atoms. The molecule has 6 heteroatoms. The van der Waals surface area contributed by atoms with Crippen LogP contribution in [0.25, 0.3) is 0 Å². The number of ether oxygens (including phenoxy) is 1. The standard InChI is InChI=1S/C20H21FN2O3/c1-26-18-10-9-15(13-17(18)23-11-5-4-8-20(23)25)22-19(24)12-14-6-2-3-7-16(14)21/h2-3,6-7,9-10,13H,4-5,8,11-12H2,1H3,(H,22,24). The summed E-state index contributed by atoms with van der Waals surface area (Å²) in [6.07, 6.45) is 2.26. The molecule has 1 saturated heterocycles. The van der Waals surface area contributed by atoms with Crippen LogP contribution in [0.5, 0.6) is 5.75 Å². The van der Waals surface area contributed by atoms with Crippen molar-refractivity contribution in [1.82, 2.24) is 0 Å². The topological polar surface area (TPSA) is 58.6 Å². The van der Waals surface area contributed by atoms with Crippen molar-refractivity contribution in [3.05, 3.63) is 53.8 Å². The lowest BCUT2D eigenvalue weighted by Crippen LogP contribution is -2.35. The Kier molecular flexibility index (Phi) is 5.51. The number of hydrogen-bond donors (Lipinski definition) is 1. The lowest BCUT2D eigenvalue weighted by atomic mass is 10.1. The molecule has 26 heavy (non-hydrogen) atoms. The van der Waals surface area contributed by atoms with Crippen molar-refractivity contribution < 1.29 is 18.7 Å². The second kappa shape index (κ2) is 7.99. The molecule has 0 bridgehead atoms. The highest BCUT2D eigenvalue weighted by Crippen LogP contribution is 2.33. The summed E-state index contributed by atoms with van der Waals surface area (Å²) in [5, 5.41) is 2.76. The summed E-state index contributed by atoms with van der Waals surface area (Å²) in [6, 6.07) is 11.3. The maximum absolute atomic E-state index is 13.7. The first-order valence-electron chi connectivity index (χ1n) is 8.60. The van der Waals surface area contributed by atoms with Gasteiger partial charge in [0.25, 0.3) is 0 Å². The molecule has 0 radical (unpaired) electrons. The fraction of sp³-hybridized carbons (Fsp3) is 0.300. The third-order valence-corrected chi connectivity index (χ3v) is 4.39. The molecule has 1 N–H and O–H groups in total. The number of piperidine rings is 1. The van der Waals surface area contributed by atoms with Crippen LogP contribution in [0.4, 0.5) is 15.8 Å². The van der Waals surface area contributed by atoms with E-state index in [-0.39, 0.29) is 18.2 Å². The third-order valence-electron chi connectivity index (χ3n) is 4.39. The van der Waals surface area contributed by atoms with Gasteiger partial charge in [-0.05, 0) is 42.7 Å². The molecule has 0 saturated carbocycles. The van der Waals surface area contributed by atoms with E-state index in [1.807, 2.05) is 0 Å². The van der Waals surface area contributed by atoms with E-state index in [2.05, 4.69) is 5.32 Å². The summed E-state index contributed by atoms with van der Waals surface area (Å²) in [6.45, 7) is 0.627. The number of nitrogens with one attached hydrogen (secondary N) is 1. The van der Waals surface area contributed by atoms with Gasteiger partial charge in [0.15, 0.2) is 0 Å². The van der Waals surface area contributed by atoms with E-state index >= 15 is 0 Å². The Balaban J connectivity index is 1.78. The summed E-state index contributed by atoms with van der Waals surface area (Å²) in [5.41, 5.74) is 1.52. The van der Waals surface area contributed by atoms with Crippen molar-refractivity contribution in [2.45, 2.75) is 25.7 Å². The highest BCUT2D eigenvalue weighted by atomic mass is 19.1. The number of nitrogens with zero attached hydrogens (tertiary/aromatic N) is 1. The Morgan fingerprint density at radius 1 is 1.23 bits per heavy atom. The summed E-state index contributed by atoms with van der Waals surface area (Å²) in [7, 11) is 1.55. The van der Waals surface area contributed by atoms with Crippen molar-refractivity contribution in [3.8, 4) is 5.75 Å². The predicted molar refractivity (Wildman–Crippen MR) is 97.9 cm³/mol. The number of benzene rings is 2. The van der Waals surface area contributed by atoms with Gasteiger partial charge in [-0.25, -0.2) is 4.39 Å². The molecular weight excluding hydrogens is 335 g/mol. The number of amides is 2. The minimum absolute atomic E-state index is 0.0457. The van der Waals surface area contributed by atoms with Gasteiger partial charge >= 0.3 is 0 Å². The Hall–Kier alpha value is -2.89. The highest BCUT2D eigenvalue weighted by molar-refractivity contribution is 5.98. The fourth-order valence-corrected chi connectivity index (χ4v) is 3.06. The second-order valence-electron chi connectivity index (χ2n) is 6.21. The number of hydrogen-bond acceptors (Lipinski definition) is 3. The lowest BCUT2D eigenvalue weighted by Gasteiger charge is -2.28. The first kappa shape index (κ1) is 17.9. The van der Waals surface area contributed by atoms with E-state index in [1.54, 1.807) is 48.4 Å². The van der Waals surface area contributed by atoms with Gasteiger partial charge in [0.2, 0.25) is 11.8 Å². The lowest BCUT2D eigenvalue weighted by molar-refractivity contribution is -0.119. The molecule has 1 aliphatic rings. The van der Waals surface area contributed by atoms with Crippen LogP contribution in [-0.2, 0) is 16.0 Å². The van der Waals surface area contributed by atoms with Crippen molar-refractivity contribution >= 4 is 23.2 Å². The van der Waals surface area contributed by atoms with Crippen molar-refractivity contribution in [2.75, 3.05) is 23.9 Å². The Morgan fingerprint density at radius 3 is 2.77 bits per heavy atom. The maximum atomic E-state index is 13.7. The molecule has 3 rings (SSSR count). The van der Waals surface area contributed by atoms with E-state index in [9.17, 15) is 14.0 Å². The van der Waals surface area contributed by atoms with Crippen LogP contribution in [0, 0.1) is 5.82 Å². The molecular formula is C20H21FN2O3. The van der Waals surface area contributed by atoms with Crippen molar-refractivity contribution in [2.24, 2.45) is 0 Å². The monoisotopic (exact) mass is 356 g/mol. The van der Waals surface area contributed by atoms with E-state index in [1.165, 1.54) is 6.07 Å². The van der Waals surface area contributed by atoms with Crippen LogP contribution < -0.4 is 15.0 Å².